The van der Waals surface area contributed by atoms with Gasteiger partial charge in [-0.2, -0.15) is 25.3 Å². The average molecular weight is 239 g/mol. The van der Waals surface area contributed by atoms with Crippen LogP contribution in [0.4, 0.5) is 0 Å². The van der Waals surface area contributed by atoms with Crippen LogP contribution in [0.5, 0.6) is 0 Å². The van der Waals surface area contributed by atoms with E-state index in [0.717, 1.165) is 0 Å². The number of aliphatic carboxylic acids is 2. The molecule has 1 radical (unpaired) electrons. The number of carbonyl (C=O) groups is 2. The van der Waals surface area contributed by atoms with Crippen LogP contribution >= 0.6 is 25.3 Å². The van der Waals surface area contributed by atoms with Crippen molar-refractivity contribution >= 4 is 37.2 Å². The molecule has 0 amide bonds. The van der Waals surface area contributed by atoms with E-state index in [4.69, 9.17) is 10.2 Å². The van der Waals surface area contributed by atoms with Gasteiger partial charge in [0.05, 0.1) is 11.5 Å². The molecular formula is C4H8MnO4S2. The second kappa shape index (κ2) is 12.8. The van der Waals surface area contributed by atoms with Crippen molar-refractivity contribution in [3.05, 3.63) is 0 Å². The minimum absolute atomic E-state index is 0. The molecule has 7 heteroatoms. The molecule has 0 saturated heterocycles. The summed E-state index contributed by atoms with van der Waals surface area (Å²) < 4.78 is 0. The van der Waals surface area contributed by atoms with E-state index in [1.807, 2.05) is 0 Å². The predicted octanol–water partition coefficient (Wildman–Crippen LogP) is -0.000900. The van der Waals surface area contributed by atoms with Gasteiger partial charge in [-0.25, -0.2) is 0 Å². The van der Waals surface area contributed by atoms with E-state index < -0.39 is 11.9 Å². The molecule has 0 aliphatic heterocycles. The summed E-state index contributed by atoms with van der Waals surface area (Å²) in [6.07, 6.45) is 0. The van der Waals surface area contributed by atoms with Crippen molar-refractivity contribution < 1.29 is 36.9 Å². The molecule has 4 nitrogen and oxygen atoms in total. The first kappa shape index (κ1) is 17.3. The summed E-state index contributed by atoms with van der Waals surface area (Å²) in [6.45, 7) is 0. The van der Waals surface area contributed by atoms with Crippen molar-refractivity contribution in [3.8, 4) is 0 Å². The number of thiol groups is 2. The molecule has 0 aliphatic carbocycles. The average Bonchev–Trinajstić information content (AvgIpc) is 1.89. The zero-order valence-electron chi connectivity index (χ0n) is 5.40. The molecule has 2 N–H and O–H groups in total. The van der Waals surface area contributed by atoms with Crippen LogP contribution in [0.1, 0.15) is 0 Å². The number of carboxylic acid groups (broad SMARTS) is 2. The molecular weight excluding hydrogens is 231 g/mol. The second-order valence-corrected chi connectivity index (χ2v) is 1.74. The van der Waals surface area contributed by atoms with Crippen LogP contribution in [-0.4, -0.2) is 33.7 Å². The fourth-order valence-electron chi connectivity index (χ4n) is 0. The van der Waals surface area contributed by atoms with Gasteiger partial charge in [0, 0.05) is 17.1 Å². The summed E-state index contributed by atoms with van der Waals surface area (Å²) >= 11 is 6.83. The summed E-state index contributed by atoms with van der Waals surface area (Å²) in [5.74, 6) is -1.93. The SMILES string of the molecule is O=C(O)CS.O=C(O)CS.[Mn]. The van der Waals surface area contributed by atoms with E-state index >= 15 is 0 Å². The Kier molecular flexibility index (Phi) is 20.1. The van der Waals surface area contributed by atoms with Gasteiger partial charge in [0.2, 0.25) is 0 Å². The topological polar surface area (TPSA) is 74.6 Å². The molecule has 0 unspecified atom stereocenters. The molecule has 0 fully saturated rings. The Morgan fingerprint density at radius 3 is 1.09 bits per heavy atom. The first-order valence-corrected chi connectivity index (χ1v) is 3.46. The Labute approximate surface area is 85.7 Å². The molecule has 67 valence electrons. The molecule has 0 atom stereocenters. The van der Waals surface area contributed by atoms with Gasteiger partial charge in [0.25, 0.3) is 0 Å². The van der Waals surface area contributed by atoms with Crippen LogP contribution in [0.25, 0.3) is 0 Å². The Morgan fingerprint density at radius 1 is 1.00 bits per heavy atom. The largest absolute Gasteiger partial charge is 0.481 e. The van der Waals surface area contributed by atoms with Gasteiger partial charge in [0.15, 0.2) is 0 Å². The Balaban J connectivity index is -0.000000107. The maximum absolute atomic E-state index is 9.29. The molecule has 0 spiro atoms. The molecule has 0 rings (SSSR count). The molecule has 0 aromatic heterocycles. The van der Waals surface area contributed by atoms with Crippen molar-refractivity contribution in [3.63, 3.8) is 0 Å². The number of hydrogen-bond donors (Lipinski definition) is 4. The normalized spacial score (nSPS) is 6.73. The fourth-order valence-corrected chi connectivity index (χ4v) is 0. The van der Waals surface area contributed by atoms with Crippen LogP contribution in [0.3, 0.4) is 0 Å². The monoisotopic (exact) mass is 239 g/mol. The van der Waals surface area contributed by atoms with Gasteiger partial charge in [-0.15, -0.1) is 0 Å². The van der Waals surface area contributed by atoms with Crippen LogP contribution in [0.2, 0.25) is 0 Å². The van der Waals surface area contributed by atoms with Crippen LogP contribution in [0, 0.1) is 0 Å². The Morgan fingerprint density at radius 2 is 1.09 bits per heavy atom. The molecule has 11 heavy (non-hydrogen) atoms. The Hall–Kier alpha value is 0.159. The van der Waals surface area contributed by atoms with Gasteiger partial charge in [-0.1, -0.05) is 0 Å². The molecule has 0 aromatic rings. The van der Waals surface area contributed by atoms with Gasteiger partial charge in [-0.05, 0) is 0 Å². The zero-order valence-corrected chi connectivity index (χ0v) is 8.37. The van der Waals surface area contributed by atoms with E-state index in [1.54, 1.807) is 0 Å². The molecule has 0 saturated carbocycles. The van der Waals surface area contributed by atoms with Crippen LogP contribution in [0.15, 0.2) is 0 Å². The molecule has 0 aliphatic rings. The van der Waals surface area contributed by atoms with Crippen molar-refractivity contribution in [1.82, 2.24) is 0 Å². The standard InChI is InChI=1S/2C2H4O2S.Mn/c2*3-2(4)1-5;/h2*5H,1H2,(H,3,4);. The number of rotatable bonds is 2. The van der Waals surface area contributed by atoms with E-state index in [2.05, 4.69) is 25.3 Å². The minimum Gasteiger partial charge on any atom is -0.481 e. The smallest absolute Gasteiger partial charge is 0.313 e. The second-order valence-electron chi connectivity index (χ2n) is 1.10. The van der Waals surface area contributed by atoms with Gasteiger partial charge in [-0.3, -0.25) is 9.59 Å². The van der Waals surface area contributed by atoms with E-state index in [0.29, 0.717) is 0 Å². The summed E-state index contributed by atoms with van der Waals surface area (Å²) in [5, 5.41) is 15.3. The van der Waals surface area contributed by atoms with Crippen molar-refractivity contribution in [2.45, 2.75) is 0 Å². The summed E-state index contributed by atoms with van der Waals surface area (Å²) in [7, 11) is 0. The zero-order chi connectivity index (χ0) is 8.57. The fraction of sp³-hybridized carbons (Fsp3) is 0.500. The van der Waals surface area contributed by atoms with E-state index in [9.17, 15) is 9.59 Å². The van der Waals surface area contributed by atoms with Gasteiger partial charge >= 0.3 is 11.9 Å². The Bertz CT molecular complexity index is 105. The van der Waals surface area contributed by atoms with Gasteiger partial charge < -0.3 is 10.2 Å². The third-order valence-corrected chi connectivity index (χ3v) is 0.812. The number of hydrogen-bond acceptors (Lipinski definition) is 4. The first-order valence-electron chi connectivity index (χ1n) is 2.20. The first-order chi connectivity index (χ1) is 4.54. The van der Waals surface area contributed by atoms with Crippen LogP contribution in [-0.2, 0) is 26.7 Å². The van der Waals surface area contributed by atoms with Crippen molar-refractivity contribution in [1.29, 1.82) is 0 Å². The summed E-state index contributed by atoms with van der Waals surface area (Å²) in [4.78, 5) is 18.6. The van der Waals surface area contributed by atoms with Crippen molar-refractivity contribution in [2.24, 2.45) is 0 Å². The van der Waals surface area contributed by atoms with Gasteiger partial charge in [0.1, 0.15) is 0 Å². The molecule has 0 bridgehead atoms. The number of carboxylic acids is 2. The van der Waals surface area contributed by atoms with E-state index in [1.165, 1.54) is 0 Å². The minimum atomic E-state index is -0.881. The third-order valence-electron chi connectivity index (χ3n) is 0.271. The van der Waals surface area contributed by atoms with Crippen LogP contribution < -0.4 is 0 Å². The summed E-state index contributed by atoms with van der Waals surface area (Å²) in [5.41, 5.74) is 0. The van der Waals surface area contributed by atoms with E-state index in [-0.39, 0.29) is 28.6 Å². The maximum atomic E-state index is 9.29. The molecule has 0 heterocycles. The third kappa shape index (κ3) is 39.1. The molecule has 0 aromatic carbocycles. The quantitative estimate of drug-likeness (QED) is 0.404. The summed E-state index contributed by atoms with van der Waals surface area (Å²) in [6, 6.07) is 0. The van der Waals surface area contributed by atoms with Crippen molar-refractivity contribution in [2.75, 3.05) is 11.5 Å². The maximum Gasteiger partial charge on any atom is 0.313 e. The predicted molar refractivity (Wildman–Crippen MR) is 43.0 cm³/mol.